The van der Waals surface area contributed by atoms with Gasteiger partial charge in [-0.1, -0.05) is 0 Å². The molecule has 14 heteroatoms. The Morgan fingerprint density at radius 1 is 0.607 bits per heavy atom. The zero-order valence-corrected chi connectivity index (χ0v) is 13.7. The van der Waals surface area contributed by atoms with Crippen molar-refractivity contribution < 1.29 is 29.2 Å². The highest BCUT2D eigenvalue weighted by Gasteiger charge is 2.22. The predicted molar refractivity (Wildman–Crippen MR) is 90.5 cm³/mol. The zero-order chi connectivity index (χ0) is 20.8. The summed E-state index contributed by atoms with van der Waals surface area (Å²) in [5, 5.41) is 43.4. The van der Waals surface area contributed by atoms with Gasteiger partial charge in [-0.3, -0.25) is 40.5 Å². The third kappa shape index (κ3) is 4.63. The van der Waals surface area contributed by atoms with Gasteiger partial charge in [-0.15, -0.1) is 0 Å². The first-order valence-corrected chi connectivity index (χ1v) is 7.32. The summed E-state index contributed by atoms with van der Waals surface area (Å²) in [6.45, 7) is -0.570. The lowest BCUT2D eigenvalue weighted by molar-refractivity contribution is -0.395. The lowest BCUT2D eigenvalue weighted by Crippen LogP contribution is -2.11. The zero-order valence-electron chi connectivity index (χ0n) is 13.7. The van der Waals surface area contributed by atoms with Gasteiger partial charge in [-0.25, -0.2) is 0 Å². The smallest absolute Gasteiger partial charge is 0.317 e. The Morgan fingerprint density at radius 2 is 0.964 bits per heavy atom. The van der Waals surface area contributed by atoms with Crippen molar-refractivity contribution in [2.24, 2.45) is 0 Å². The van der Waals surface area contributed by atoms with Gasteiger partial charge < -0.3 is 9.47 Å². The Bertz CT molecular complexity index is 884. The third-order valence-electron chi connectivity index (χ3n) is 3.30. The van der Waals surface area contributed by atoms with Crippen LogP contribution in [0.1, 0.15) is 0 Å². The molecule has 0 aliphatic rings. The van der Waals surface area contributed by atoms with Crippen LogP contribution in [0.25, 0.3) is 0 Å². The van der Waals surface area contributed by atoms with Crippen molar-refractivity contribution >= 4 is 22.7 Å². The van der Waals surface area contributed by atoms with E-state index in [-0.39, 0.29) is 24.7 Å². The van der Waals surface area contributed by atoms with E-state index in [0.717, 1.165) is 36.4 Å². The van der Waals surface area contributed by atoms with Crippen LogP contribution in [0.4, 0.5) is 22.7 Å². The molecule has 0 aromatic heterocycles. The van der Waals surface area contributed by atoms with Crippen LogP contribution in [0, 0.1) is 40.5 Å². The Labute approximate surface area is 154 Å². The summed E-state index contributed by atoms with van der Waals surface area (Å²) < 4.78 is 10.3. The molecule has 0 aliphatic carbocycles. The Morgan fingerprint density at radius 3 is 1.25 bits per heavy atom. The summed E-state index contributed by atoms with van der Waals surface area (Å²) in [6, 6.07) is 5.60. The molecule has 0 amide bonds. The molecule has 0 spiro atoms. The molecule has 0 N–H and O–H groups in total. The van der Waals surface area contributed by atoms with Crippen molar-refractivity contribution in [1.29, 1.82) is 0 Å². The second kappa shape index (κ2) is 8.35. The molecule has 0 bridgehead atoms. The summed E-state index contributed by atoms with van der Waals surface area (Å²) in [7, 11) is 0. The second-order valence-corrected chi connectivity index (χ2v) is 5.03. The van der Waals surface area contributed by atoms with Crippen LogP contribution in [0.2, 0.25) is 0 Å². The molecule has 0 atom stereocenters. The van der Waals surface area contributed by atoms with Gasteiger partial charge in [0, 0.05) is 12.1 Å². The monoisotopic (exact) mass is 394 g/mol. The number of nitrogens with zero attached hydrogens (tertiary/aromatic N) is 4. The van der Waals surface area contributed by atoms with Gasteiger partial charge in [-0.05, 0) is 12.1 Å². The fraction of sp³-hybridized carbons (Fsp3) is 0.143. The number of nitro groups is 4. The van der Waals surface area contributed by atoms with Gasteiger partial charge in [0.15, 0.2) is 11.5 Å². The van der Waals surface area contributed by atoms with Crippen molar-refractivity contribution in [2.45, 2.75) is 0 Å². The largest absolute Gasteiger partial charge is 0.483 e. The van der Waals surface area contributed by atoms with Crippen LogP contribution in [0.15, 0.2) is 36.4 Å². The number of ether oxygens (including phenoxy) is 2. The molecule has 28 heavy (non-hydrogen) atoms. The van der Waals surface area contributed by atoms with Gasteiger partial charge in [0.2, 0.25) is 0 Å². The maximum absolute atomic E-state index is 11.0. The lowest BCUT2D eigenvalue weighted by atomic mass is 10.2. The summed E-state index contributed by atoms with van der Waals surface area (Å²) in [4.78, 5) is 40.1. The van der Waals surface area contributed by atoms with E-state index in [1.807, 2.05) is 0 Å². The standard InChI is InChI=1S/C14H10N4O10/c19-15(20)9-1-3-13(11(7-9)17(23)24)27-5-6-28-14-4-2-10(16(21)22)8-12(14)18(25)26/h1-4,7-8H,5-6H2. The molecule has 0 radical (unpaired) electrons. The van der Waals surface area contributed by atoms with Crippen LogP contribution in [-0.2, 0) is 0 Å². The SMILES string of the molecule is O=[N+]([O-])c1ccc(OCCOc2ccc([N+](=O)[O-])cc2[N+](=O)[O-])c([N+](=O)[O-])c1. The van der Waals surface area contributed by atoms with E-state index in [4.69, 9.17) is 9.47 Å². The first-order valence-electron chi connectivity index (χ1n) is 7.32. The van der Waals surface area contributed by atoms with Crippen LogP contribution in [-0.4, -0.2) is 32.9 Å². The number of benzene rings is 2. The van der Waals surface area contributed by atoms with E-state index in [1.54, 1.807) is 0 Å². The normalized spacial score (nSPS) is 10.1. The average molecular weight is 394 g/mol. The highest BCUT2D eigenvalue weighted by molar-refractivity contribution is 5.54. The molecule has 146 valence electrons. The van der Waals surface area contributed by atoms with Crippen molar-refractivity contribution in [3.8, 4) is 11.5 Å². The molecule has 0 heterocycles. The van der Waals surface area contributed by atoms with Crippen molar-refractivity contribution in [3.05, 3.63) is 76.9 Å². The molecule has 2 aromatic carbocycles. The van der Waals surface area contributed by atoms with E-state index >= 15 is 0 Å². The maximum atomic E-state index is 11.0. The Kier molecular flexibility index (Phi) is 5.95. The minimum absolute atomic E-state index is 0.252. The van der Waals surface area contributed by atoms with E-state index in [1.165, 1.54) is 0 Å². The minimum atomic E-state index is -0.857. The highest BCUT2D eigenvalue weighted by Crippen LogP contribution is 2.32. The molecule has 0 saturated carbocycles. The van der Waals surface area contributed by atoms with Crippen LogP contribution >= 0.6 is 0 Å². The quantitative estimate of drug-likeness (QED) is 0.347. The molecule has 0 unspecified atom stereocenters. The molecule has 2 rings (SSSR count). The number of rotatable bonds is 9. The van der Waals surface area contributed by atoms with Gasteiger partial charge in [0.1, 0.15) is 13.2 Å². The first-order chi connectivity index (χ1) is 13.2. The summed E-state index contributed by atoms with van der Waals surface area (Å²) in [5.41, 5.74) is -2.24. The van der Waals surface area contributed by atoms with E-state index in [2.05, 4.69) is 0 Å². The highest BCUT2D eigenvalue weighted by atomic mass is 16.6. The maximum Gasteiger partial charge on any atom is 0.317 e. The number of non-ortho nitro benzene ring substituents is 2. The molecule has 0 fully saturated rings. The van der Waals surface area contributed by atoms with Crippen molar-refractivity contribution in [3.63, 3.8) is 0 Å². The summed E-state index contributed by atoms with van der Waals surface area (Å²) >= 11 is 0. The van der Waals surface area contributed by atoms with Crippen molar-refractivity contribution in [2.75, 3.05) is 13.2 Å². The molecule has 0 saturated heterocycles. The minimum Gasteiger partial charge on any atom is -0.483 e. The molecule has 2 aromatic rings. The first kappa shape index (κ1) is 20.0. The van der Waals surface area contributed by atoms with Crippen LogP contribution in [0.3, 0.4) is 0 Å². The van der Waals surface area contributed by atoms with Gasteiger partial charge in [0.05, 0.1) is 31.8 Å². The fourth-order valence-corrected chi connectivity index (χ4v) is 2.07. The number of hydrogen-bond donors (Lipinski definition) is 0. The van der Waals surface area contributed by atoms with Gasteiger partial charge in [0.25, 0.3) is 11.4 Å². The number of hydrogen-bond acceptors (Lipinski definition) is 10. The third-order valence-corrected chi connectivity index (χ3v) is 3.30. The van der Waals surface area contributed by atoms with Crippen LogP contribution < -0.4 is 9.47 Å². The molecular weight excluding hydrogens is 384 g/mol. The van der Waals surface area contributed by atoms with E-state index < -0.39 is 42.4 Å². The summed E-state index contributed by atoms with van der Waals surface area (Å²) in [6.07, 6.45) is 0. The topological polar surface area (TPSA) is 191 Å². The lowest BCUT2D eigenvalue weighted by Gasteiger charge is -2.09. The Balaban J connectivity index is 2.07. The number of nitro benzene ring substituents is 4. The van der Waals surface area contributed by atoms with Crippen molar-refractivity contribution in [1.82, 2.24) is 0 Å². The molecular formula is C14H10N4O10. The second-order valence-electron chi connectivity index (χ2n) is 5.03. The van der Waals surface area contributed by atoms with Gasteiger partial charge in [-0.2, -0.15) is 0 Å². The van der Waals surface area contributed by atoms with E-state index in [0.29, 0.717) is 0 Å². The average Bonchev–Trinajstić information content (AvgIpc) is 2.64. The predicted octanol–water partition coefficient (Wildman–Crippen LogP) is 2.78. The van der Waals surface area contributed by atoms with Gasteiger partial charge >= 0.3 is 11.4 Å². The molecule has 14 nitrogen and oxygen atoms in total. The fourth-order valence-electron chi connectivity index (χ4n) is 2.07. The molecule has 0 aliphatic heterocycles. The van der Waals surface area contributed by atoms with E-state index in [9.17, 15) is 40.5 Å². The van der Waals surface area contributed by atoms with Crippen LogP contribution in [0.5, 0.6) is 11.5 Å². The summed E-state index contributed by atoms with van der Waals surface area (Å²) in [5.74, 6) is -0.505. The Hall–Kier alpha value is -4.36.